The SMILES string of the molecule is C=CCCCC(=O)N[C@H](C(=O)N[C@@H](CCCNC(N)=O)C(=O)N(C(=O)OCc1ccc(N)cc1)[C@@H](CO[C@H]1O[C@H](CO)[C@H](O)[C@H](O)[C@H]1O)[C@H](O)[C@@H](CCCCCCCCCCCCCC)OC(=O)CCCCCCCCCCCCCCCCCCCCCCCCC)C(C)C. The van der Waals surface area contributed by atoms with E-state index in [1.807, 2.05) is 0 Å². The number of nitrogens with one attached hydrogen (secondary N) is 3. The van der Waals surface area contributed by atoms with Crippen molar-refractivity contribution in [2.75, 3.05) is 25.5 Å². The molecule has 0 saturated carbocycles. The lowest BCUT2D eigenvalue weighted by Crippen LogP contribution is -2.63. The maximum atomic E-state index is 15.7. The Morgan fingerprint density at radius 2 is 1.10 bits per heavy atom. The molecule has 0 bridgehead atoms. The molecule has 12 N–H and O–H groups in total. The van der Waals surface area contributed by atoms with Gasteiger partial charge >= 0.3 is 18.1 Å². The van der Waals surface area contributed by atoms with E-state index in [2.05, 4.69) is 36.4 Å². The Morgan fingerprint density at radius 3 is 1.56 bits per heavy atom. The number of imide groups is 1. The van der Waals surface area contributed by atoms with Crippen LogP contribution in [0.15, 0.2) is 36.9 Å². The fourth-order valence-corrected chi connectivity index (χ4v) is 12.4. The van der Waals surface area contributed by atoms with Gasteiger partial charge in [-0.3, -0.25) is 19.2 Å². The van der Waals surface area contributed by atoms with Gasteiger partial charge in [-0.05, 0) is 68.6 Å². The summed E-state index contributed by atoms with van der Waals surface area (Å²) in [5, 5.41) is 63.8. The number of aliphatic hydroxyl groups is 5. The molecule has 96 heavy (non-hydrogen) atoms. The van der Waals surface area contributed by atoms with Crippen LogP contribution in [-0.4, -0.2) is 147 Å². The Morgan fingerprint density at radius 1 is 0.625 bits per heavy atom. The van der Waals surface area contributed by atoms with Crippen molar-refractivity contribution in [3.63, 3.8) is 0 Å². The number of hydrogen-bond donors (Lipinski definition) is 10. The Hall–Kier alpha value is -4.90. The molecule has 1 fully saturated rings. The van der Waals surface area contributed by atoms with E-state index in [1.54, 1.807) is 44.2 Å². The van der Waals surface area contributed by atoms with Crippen LogP contribution in [0.5, 0.6) is 0 Å². The summed E-state index contributed by atoms with van der Waals surface area (Å²) in [6.45, 7) is 9.38. The monoisotopic (exact) mass is 1360 g/mol. The van der Waals surface area contributed by atoms with E-state index in [-0.39, 0.29) is 38.6 Å². The number of nitrogens with zero attached hydrogens (tertiary/aromatic N) is 1. The number of benzene rings is 1. The molecule has 6 amide bonds. The first kappa shape index (κ1) is 87.2. The van der Waals surface area contributed by atoms with Crippen molar-refractivity contribution in [3.05, 3.63) is 42.5 Å². The summed E-state index contributed by atoms with van der Waals surface area (Å²) >= 11 is 0. The number of carbonyl (C=O) groups is 6. The van der Waals surface area contributed by atoms with Crippen molar-refractivity contribution < 1.29 is 73.2 Å². The molecule has 0 unspecified atom stereocenters. The zero-order valence-electron chi connectivity index (χ0n) is 59.9. The first-order chi connectivity index (χ1) is 46.4. The first-order valence-electron chi connectivity index (χ1n) is 37.8. The lowest BCUT2D eigenvalue weighted by molar-refractivity contribution is -0.304. The van der Waals surface area contributed by atoms with Crippen LogP contribution in [0.2, 0.25) is 0 Å². The summed E-state index contributed by atoms with van der Waals surface area (Å²) in [6, 6.07) is 0.799. The second-order valence-electron chi connectivity index (χ2n) is 27.3. The van der Waals surface area contributed by atoms with Gasteiger partial charge in [0.25, 0.3) is 5.91 Å². The van der Waals surface area contributed by atoms with Crippen LogP contribution in [0, 0.1) is 5.92 Å². The van der Waals surface area contributed by atoms with Gasteiger partial charge in [-0.1, -0.05) is 258 Å². The van der Waals surface area contributed by atoms with Crippen LogP contribution in [0.25, 0.3) is 0 Å². The van der Waals surface area contributed by atoms with Gasteiger partial charge in [0.05, 0.1) is 19.3 Å². The van der Waals surface area contributed by atoms with Gasteiger partial charge < -0.3 is 71.9 Å². The fraction of sp³-hybridized carbons (Fsp3) is 0.813. The molecule has 21 heteroatoms. The third-order valence-electron chi connectivity index (χ3n) is 18.4. The molecular weight excluding hydrogens is 1220 g/mol. The highest BCUT2D eigenvalue weighted by Crippen LogP contribution is 2.27. The summed E-state index contributed by atoms with van der Waals surface area (Å²) in [5.74, 6) is -3.50. The van der Waals surface area contributed by atoms with E-state index in [4.69, 9.17) is 30.4 Å². The molecule has 1 aromatic rings. The van der Waals surface area contributed by atoms with Gasteiger partial charge in [-0.25, -0.2) is 14.5 Å². The van der Waals surface area contributed by atoms with Crippen LogP contribution in [0.1, 0.15) is 303 Å². The Kier molecular flexibility index (Phi) is 50.8. The van der Waals surface area contributed by atoms with Gasteiger partial charge in [0.15, 0.2) is 6.29 Å². The summed E-state index contributed by atoms with van der Waals surface area (Å²) in [7, 11) is 0. The van der Waals surface area contributed by atoms with E-state index in [1.165, 1.54) is 148 Å². The van der Waals surface area contributed by atoms with Crippen molar-refractivity contribution >= 4 is 41.5 Å². The zero-order valence-corrected chi connectivity index (χ0v) is 59.9. The standard InChI is InChI=1S/C75H134N6O15/c1-6-9-12-14-16-18-20-22-23-24-25-26-27-28-29-30-31-32-34-36-38-40-43-48-65(84)95-62(46-42-39-37-35-33-21-19-17-15-13-10-7-2)67(85)61(56-93-73-70(88)69(87)68(86)63(54-82)96-73)81(75(92)94-55-58-49-51-59(76)52-50-58)72(90)60(45-44-53-78-74(77)91)79-71(89)66(57(4)5)80-64(83)47-41-11-8-3/h8,49-52,57,60-63,66-70,73,82,85-88H,3,6-7,9-48,53-56,76H2,1-2,4-5H3,(H,79,89)(H,80,83)(H3,77,78,91)/t60-,61-,62+,63+,66-,67-,68-,69-,70+,73-/m0/s1. The second-order valence-corrected chi connectivity index (χ2v) is 27.3. The molecule has 1 aliphatic rings. The van der Waals surface area contributed by atoms with E-state index in [9.17, 15) is 44.7 Å². The summed E-state index contributed by atoms with van der Waals surface area (Å²) in [4.78, 5) is 85.0. The number of rotatable bonds is 60. The molecule has 10 atom stereocenters. The van der Waals surface area contributed by atoms with Crippen molar-refractivity contribution in [2.24, 2.45) is 11.7 Å². The Labute approximate surface area is 577 Å². The first-order valence-corrected chi connectivity index (χ1v) is 37.8. The number of hydrogen-bond acceptors (Lipinski definition) is 16. The molecule has 0 aliphatic carbocycles. The van der Waals surface area contributed by atoms with Gasteiger partial charge in [-0.2, -0.15) is 0 Å². The molecule has 0 spiro atoms. The van der Waals surface area contributed by atoms with E-state index in [0.717, 1.165) is 57.8 Å². The second kappa shape index (κ2) is 55.9. The number of anilines is 1. The smallest absolute Gasteiger partial charge is 0.417 e. The van der Waals surface area contributed by atoms with E-state index >= 15 is 9.59 Å². The largest absolute Gasteiger partial charge is 0.460 e. The molecule has 1 saturated heterocycles. The Bertz CT molecular complexity index is 2190. The quantitative estimate of drug-likeness (QED) is 0.0125. The number of esters is 1. The molecule has 21 nitrogen and oxygen atoms in total. The lowest BCUT2D eigenvalue weighted by atomic mass is 9.96. The summed E-state index contributed by atoms with van der Waals surface area (Å²) in [5.41, 5.74) is 12.2. The molecule has 1 heterocycles. The number of primary amides is 1. The van der Waals surface area contributed by atoms with Gasteiger partial charge in [0, 0.05) is 25.1 Å². The number of carbonyl (C=O) groups excluding carboxylic acids is 6. The molecule has 0 radical (unpaired) electrons. The van der Waals surface area contributed by atoms with Crippen LogP contribution >= 0.6 is 0 Å². The number of nitrogen functional groups attached to an aromatic ring is 1. The predicted octanol–water partition coefficient (Wildman–Crippen LogP) is 13.1. The highest BCUT2D eigenvalue weighted by molar-refractivity contribution is 5.98. The minimum Gasteiger partial charge on any atom is -0.460 e. The predicted molar refractivity (Wildman–Crippen MR) is 379 cm³/mol. The van der Waals surface area contributed by atoms with Gasteiger partial charge in [0.1, 0.15) is 55.3 Å². The highest BCUT2D eigenvalue weighted by Gasteiger charge is 2.48. The van der Waals surface area contributed by atoms with Crippen LogP contribution in [-0.2, 0) is 44.7 Å². The number of unbranched alkanes of at least 4 members (excludes halogenated alkanes) is 34. The third kappa shape index (κ3) is 39.6. The van der Waals surface area contributed by atoms with Gasteiger partial charge in [-0.15, -0.1) is 6.58 Å². The average Bonchev–Trinajstić information content (AvgIpc) is 0.843. The molecule has 1 aromatic carbocycles. The van der Waals surface area contributed by atoms with E-state index in [0.29, 0.717) is 48.3 Å². The summed E-state index contributed by atoms with van der Waals surface area (Å²) in [6.07, 6.45) is 29.8. The normalized spacial score (nSPS) is 17.8. The zero-order chi connectivity index (χ0) is 70.6. The molecule has 1 aliphatic heterocycles. The average molecular weight is 1360 g/mol. The number of nitrogens with two attached hydrogens (primary N) is 2. The minimum atomic E-state index is -1.96. The molecule has 0 aromatic heterocycles. The number of urea groups is 1. The van der Waals surface area contributed by atoms with Crippen molar-refractivity contribution in [2.45, 2.75) is 365 Å². The van der Waals surface area contributed by atoms with Gasteiger partial charge in [0.2, 0.25) is 11.8 Å². The Balaban J connectivity index is 2.46. The third-order valence-corrected chi connectivity index (χ3v) is 18.4. The number of amides is 6. The van der Waals surface area contributed by atoms with Crippen molar-refractivity contribution in [1.29, 1.82) is 0 Å². The maximum Gasteiger partial charge on any atom is 0.417 e. The van der Waals surface area contributed by atoms with Crippen molar-refractivity contribution in [3.8, 4) is 0 Å². The number of ether oxygens (including phenoxy) is 4. The topological polar surface area (TPSA) is 332 Å². The highest BCUT2D eigenvalue weighted by atomic mass is 16.7. The molecular formula is C75H134N6O15. The minimum absolute atomic E-state index is 0.00157. The van der Waals surface area contributed by atoms with Crippen molar-refractivity contribution in [1.82, 2.24) is 20.9 Å². The van der Waals surface area contributed by atoms with Crippen LogP contribution < -0.4 is 27.4 Å². The van der Waals surface area contributed by atoms with Crippen LogP contribution in [0.4, 0.5) is 15.3 Å². The fourth-order valence-electron chi connectivity index (χ4n) is 12.4. The summed E-state index contributed by atoms with van der Waals surface area (Å²) < 4.78 is 23.9. The van der Waals surface area contributed by atoms with Crippen LogP contribution in [0.3, 0.4) is 0 Å². The lowest BCUT2D eigenvalue weighted by Gasteiger charge is -2.41. The number of allylic oxidation sites excluding steroid dienone is 1. The molecule has 554 valence electrons. The maximum absolute atomic E-state index is 15.7. The number of aliphatic hydroxyl groups excluding tert-OH is 5. The van der Waals surface area contributed by atoms with E-state index < -0.39 is 123 Å². The molecule has 2 rings (SSSR count).